The number of benzene rings is 1. The molecule has 0 aromatic heterocycles. The lowest BCUT2D eigenvalue weighted by Gasteiger charge is -2.18. The van der Waals surface area contributed by atoms with Crippen LogP contribution in [0.1, 0.15) is 37.3 Å². The Kier molecular flexibility index (Phi) is 4.45. The first kappa shape index (κ1) is 12.6. The Hall–Kier alpha value is 0.140. The first-order valence-electron chi connectivity index (χ1n) is 5.83. The van der Waals surface area contributed by atoms with Crippen LogP contribution in [0.15, 0.2) is 27.1 Å². The highest BCUT2D eigenvalue weighted by Crippen LogP contribution is 2.37. The molecule has 1 aliphatic carbocycles. The van der Waals surface area contributed by atoms with Crippen LogP contribution >= 0.6 is 31.9 Å². The number of hydrogen-bond donors (Lipinski definition) is 1. The summed E-state index contributed by atoms with van der Waals surface area (Å²) in [5.41, 5.74) is 1.36. The lowest BCUT2D eigenvalue weighted by Crippen LogP contribution is -2.17. The molecule has 1 aromatic carbocycles. The van der Waals surface area contributed by atoms with E-state index < -0.39 is 0 Å². The minimum atomic E-state index is 0.465. The van der Waals surface area contributed by atoms with E-state index in [1.807, 2.05) is 7.05 Å². The summed E-state index contributed by atoms with van der Waals surface area (Å²) in [4.78, 5) is 0. The summed E-state index contributed by atoms with van der Waals surface area (Å²) in [5, 5.41) is 3.42. The van der Waals surface area contributed by atoms with E-state index in [0.717, 1.165) is 10.4 Å². The van der Waals surface area contributed by atoms with Crippen molar-refractivity contribution in [3.8, 4) is 0 Å². The molecule has 0 saturated heterocycles. The van der Waals surface area contributed by atoms with Crippen molar-refractivity contribution in [3.05, 3.63) is 32.7 Å². The Morgan fingerprint density at radius 1 is 1.38 bits per heavy atom. The zero-order valence-corrected chi connectivity index (χ0v) is 12.6. The first-order chi connectivity index (χ1) is 7.70. The van der Waals surface area contributed by atoms with E-state index in [1.54, 1.807) is 0 Å². The Bertz CT molecular complexity index is 361. The monoisotopic (exact) mass is 345 g/mol. The van der Waals surface area contributed by atoms with Gasteiger partial charge >= 0.3 is 0 Å². The molecule has 88 valence electrons. The summed E-state index contributed by atoms with van der Waals surface area (Å²) in [6.07, 6.45) is 5.47. The molecular weight excluding hydrogens is 330 g/mol. The lowest BCUT2D eigenvalue weighted by molar-refractivity contribution is 0.505. The van der Waals surface area contributed by atoms with Gasteiger partial charge in [-0.15, -0.1) is 0 Å². The Labute approximate surface area is 114 Å². The van der Waals surface area contributed by atoms with Gasteiger partial charge in [0.2, 0.25) is 0 Å². The van der Waals surface area contributed by atoms with E-state index in [2.05, 4.69) is 55.4 Å². The zero-order valence-electron chi connectivity index (χ0n) is 9.47. The summed E-state index contributed by atoms with van der Waals surface area (Å²) in [6, 6.07) is 6.85. The maximum absolute atomic E-state index is 3.63. The van der Waals surface area contributed by atoms with Crippen LogP contribution in [0.5, 0.6) is 0 Å². The molecule has 1 nitrogen and oxygen atoms in total. The summed E-state index contributed by atoms with van der Waals surface area (Å²) in [7, 11) is 2.05. The maximum atomic E-state index is 3.63. The standard InChI is InChI=1S/C13H17Br2N/c1-16-13(7-4-9-2-3-9)11-8-10(14)5-6-12(11)15/h5-6,8-9,13,16H,2-4,7H2,1H3. The Morgan fingerprint density at radius 2 is 2.12 bits per heavy atom. The average Bonchev–Trinajstić information content (AvgIpc) is 3.07. The fraction of sp³-hybridized carbons (Fsp3) is 0.538. The molecular formula is C13H17Br2N. The number of rotatable bonds is 5. The predicted octanol–water partition coefficient (Wildman–Crippen LogP) is 4.66. The SMILES string of the molecule is CNC(CCC1CC1)c1cc(Br)ccc1Br. The molecule has 1 aliphatic rings. The third-order valence-corrected chi connectivity index (χ3v) is 4.46. The second kappa shape index (κ2) is 5.65. The first-order valence-corrected chi connectivity index (χ1v) is 7.41. The van der Waals surface area contributed by atoms with Crippen LogP contribution in [0.2, 0.25) is 0 Å². The van der Waals surface area contributed by atoms with E-state index in [0.29, 0.717) is 6.04 Å². The molecule has 3 heteroatoms. The molecule has 1 fully saturated rings. The Morgan fingerprint density at radius 3 is 2.75 bits per heavy atom. The van der Waals surface area contributed by atoms with Gasteiger partial charge in [-0.2, -0.15) is 0 Å². The minimum Gasteiger partial charge on any atom is -0.313 e. The summed E-state index contributed by atoms with van der Waals surface area (Å²) >= 11 is 7.17. The molecule has 0 aliphatic heterocycles. The van der Waals surface area contributed by atoms with E-state index in [1.165, 1.54) is 35.7 Å². The maximum Gasteiger partial charge on any atom is 0.0329 e. The van der Waals surface area contributed by atoms with Crippen molar-refractivity contribution in [1.29, 1.82) is 0 Å². The zero-order chi connectivity index (χ0) is 11.5. The van der Waals surface area contributed by atoms with E-state index >= 15 is 0 Å². The highest BCUT2D eigenvalue weighted by Gasteiger charge is 2.23. The van der Waals surface area contributed by atoms with Gasteiger partial charge in [0.25, 0.3) is 0 Å². The van der Waals surface area contributed by atoms with Crippen LogP contribution in [0, 0.1) is 5.92 Å². The molecule has 16 heavy (non-hydrogen) atoms. The van der Waals surface area contributed by atoms with Crippen molar-refractivity contribution in [3.63, 3.8) is 0 Å². The van der Waals surface area contributed by atoms with Gasteiger partial charge in [0.05, 0.1) is 0 Å². The fourth-order valence-electron chi connectivity index (χ4n) is 2.05. The number of halogens is 2. The summed E-state index contributed by atoms with van der Waals surface area (Å²) in [6.45, 7) is 0. The number of nitrogens with one attached hydrogen (secondary N) is 1. The molecule has 0 spiro atoms. The van der Waals surface area contributed by atoms with Crippen molar-refractivity contribution >= 4 is 31.9 Å². The van der Waals surface area contributed by atoms with Crippen LogP contribution in [-0.4, -0.2) is 7.05 Å². The Balaban J connectivity index is 2.07. The molecule has 1 saturated carbocycles. The van der Waals surface area contributed by atoms with Gasteiger partial charge in [0.1, 0.15) is 0 Å². The highest BCUT2D eigenvalue weighted by molar-refractivity contribution is 9.11. The quantitative estimate of drug-likeness (QED) is 0.817. The van der Waals surface area contributed by atoms with Crippen molar-refractivity contribution in [2.24, 2.45) is 5.92 Å². The molecule has 0 bridgehead atoms. The van der Waals surface area contributed by atoms with Crippen LogP contribution < -0.4 is 5.32 Å². The molecule has 0 heterocycles. The van der Waals surface area contributed by atoms with Crippen molar-refractivity contribution in [2.75, 3.05) is 7.05 Å². The number of hydrogen-bond acceptors (Lipinski definition) is 1. The summed E-state index contributed by atoms with van der Waals surface area (Å²) in [5.74, 6) is 1.00. The van der Waals surface area contributed by atoms with E-state index in [9.17, 15) is 0 Å². The van der Waals surface area contributed by atoms with Gasteiger partial charge in [-0.1, -0.05) is 44.7 Å². The normalized spacial score (nSPS) is 17.4. The molecule has 0 amide bonds. The molecule has 1 atom stereocenters. The molecule has 2 rings (SSSR count). The lowest BCUT2D eigenvalue weighted by atomic mass is 10.0. The van der Waals surface area contributed by atoms with Gasteiger partial charge in [0.15, 0.2) is 0 Å². The van der Waals surface area contributed by atoms with Crippen LogP contribution in [-0.2, 0) is 0 Å². The third-order valence-electron chi connectivity index (χ3n) is 3.24. The minimum absolute atomic E-state index is 0.465. The smallest absolute Gasteiger partial charge is 0.0329 e. The highest BCUT2D eigenvalue weighted by atomic mass is 79.9. The van der Waals surface area contributed by atoms with Crippen LogP contribution in [0.3, 0.4) is 0 Å². The van der Waals surface area contributed by atoms with E-state index in [4.69, 9.17) is 0 Å². The van der Waals surface area contributed by atoms with Gasteiger partial charge in [-0.3, -0.25) is 0 Å². The van der Waals surface area contributed by atoms with Crippen molar-refractivity contribution < 1.29 is 0 Å². The molecule has 1 aromatic rings. The molecule has 1 N–H and O–H groups in total. The molecule has 0 radical (unpaired) electrons. The van der Waals surface area contributed by atoms with E-state index in [-0.39, 0.29) is 0 Å². The second-order valence-corrected chi connectivity index (χ2v) is 6.30. The molecule has 1 unspecified atom stereocenters. The topological polar surface area (TPSA) is 12.0 Å². The third kappa shape index (κ3) is 3.31. The fourth-order valence-corrected chi connectivity index (χ4v) is 2.95. The van der Waals surface area contributed by atoms with Gasteiger partial charge in [-0.05, 0) is 49.6 Å². The second-order valence-electron chi connectivity index (χ2n) is 4.53. The van der Waals surface area contributed by atoms with Crippen molar-refractivity contribution in [2.45, 2.75) is 31.7 Å². The van der Waals surface area contributed by atoms with Gasteiger partial charge in [-0.25, -0.2) is 0 Å². The van der Waals surface area contributed by atoms with Crippen LogP contribution in [0.4, 0.5) is 0 Å². The van der Waals surface area contributed by atoms with Gasteiger partial charge < -0.3 is 5.32 Å². The van der Waals surface area contributed by atoms with Crippen LogP contribution in [0.25, 0.3) is 0 Å². The van der Waals surface area contributed by atoms with Gasteiger partial charge in [0, 0.05) is 15.0 Å². The summed E-state index contributed by atoms with van der Waals surface area (Å²) < 4.78 is 2.35. The largest absolute Gasteiger partial charge is 0.313 e. The average molecular weight is 347 g/mol. The van der Waals surface area contributed by atoms with Crippen molar-refractivity contribution in [1.82, 2.24) is 5.32 Å². The predicted molar refractivity (Wildman–Crippen MR) is 75.6 cm³/mol.